The second-order valence-corrected chi connectivity index (χ2v) is 8.63. The Hall–Kier alpha value is -4.50. The summed E-state index contributed by atoms with van der Waals surface area (Å²) in [4.78, 5) is 16.6. The summed E-state index contributed by atoms with van der Waals surface area (Å²) < 4.78 is 1.70. The van der Waals surface area contributed by atoms with E-state index in [9.17, 15) is 4.79 Å². The molecule has 6 N–H and O–H groups in total. The minimum atomic E-state index is -0.399. The number of aromatic nitrogens is 3. The molecule has 0 saturated heterocycles. The Kier molecular flexibility index (Phi) is 9.72. The average molecular weight is 531 g/mol. The predicted octanol–water partition coefficient (Wildman–Crippen LogP) is 6.74. The van der Waals surface area contributed by atoms with Crippen molar-refractivity contribution in [2.24, 2.45) is 0 Å². The molecule has 2 aromatic heterocycles. The molecule has 0 fully saturated rings. The first-order valence-electron chi connectivity index (χ1n) is 12.1. The van der Waals surface area contributed by atoms with Gasteiger partial charge in [-0.1, -0.05) is 56.5 Å². The molecule has 0 atom stereocenters. The number of para-hydroxylation sites is 1. The van der Waals surface area contributed by atoms with Gasteiger partial charge in [0.05, 0.1) is 45.6 Å². The highest BCUT2D eigenvalue weighted by atomic mass is 35.5. The second-order valence-electron chi connectivity index (χ2n) is 8.25. The van der Waals surface area contributed by atoms with Gasteiger partial charge in [0.1, 0.15) is 0 Å². The zero-order valence-corrected chi connectivity index (χ0v) is 22.3. The maximum absolute atomic E-state index is 12.3. The Balaban J connectivity index is 0.000000934. The number of carbonyl (C=O) groups excluding carboxylic acids is 1. The zero-order valence-electron chi connectivity index (χ0n) is 21.5. The fourth-order valence-corrected chi connectivity index (χ4v) is 3.70. The van der Waals surface area contributed by atoms with Crippen molar-refractivity contribution in [2.45, 2.75) is 33.6 Å². The van der Waals surface area contributed by atoms with Gasteiger partial charge in [-0.2, -0.15) is 0 Å². The molecule has 0 aliphatic carbocycles. The molecule has 0 bridgehead atoms. The van der Waals surface area contributed by atoms with Gasteiger partial charge in [0.25, 0.3) is 5.91 Å². The molecule has 2 aromatic carbocycles. The van der Waals surface area contributed by atoms with Gasteiger partial charge in [0.15, 0.2) is 5.82 Å². The van der Waals surface area contributed by atoms with Crippen LogP contribution in [-0.2, 0) is 4.79 Å². The van der Waals surface area contributed by atoms with Crippen molar-refractivity contribution in [3.8, 4) is 5.69 Å². The number of unbranched alkanes of at least 4 members (excludes halogenated alkanes) is 1. The maximum Gasteiger partial charge on any atom is 0.256 e. The second kappa shape index (κ2) is 13.2. The van der Waals surface area contributed by atoms with E-state index in [1.54, 1.807) is 42.1 Å². The largest absolute Gasteiger partial charge is 0.398 e. The Morgan fingerprint density at radius 2 is 1.87 bits per heavy atom. The van der Waals surface area contributed by atoms with Crippen LogP contribution >= 0.6 is 11.6 Å². The number of fused-ring (bicyclic) bond motifs is 1. The SMILES string of the molecule is C/C=C(\C=N)C(=O)Nc1cncc(-n2nc(Nc3ccc(N)c(C=N)c3Cl)c3ccccc32)c1.CCCC. The van der Waals surface area contributed by atoms with Crippen molar-refractivity contribution in [1.29, 1.82) is 10.8 Å². The Morgan fingerprint density at radius 1 is 1.13 bits per heavy atom. The summed E-state index contributed by atoms with van der Waals surface area (Å²) in [6.07, 6.45) is 9.47. The van der Waals surface area contributed by atoms with E-state index >= 15 is 0 Å². The molecule has 0 spiro atoms. The van der Waals surface area contributed by atoms with Crippen molar-refractivity contribution in [1.82, 2.24) is 14.8 Å². The van der Waals surface area contributed by atoms with E-state index < -0.39 is 5.91 Å². The van der Waals surface area contributed by atoms with Crippen LogP contribution in [0.2, 0.25) is 5.02 Å². The molecular weight excluding hydrogens is 500 g/mol. The minimum absolute atomic E-state index is 0.242. The van der Waals surface area contributed by atoms with E-state index in [2.05, 4.69) is 29.5 Å². The van der Waals surface area contributed by atoms with E-state index in [-0.39, 0.29) is 5.57 Å². The number of anilines is 4. The summed E-state index contributed by atoms with van der Waals surface area (Å²) in [5.74, 6) is 0.150. The summed E-state index contributed by atoms with van der Waals surface area (Å²) in [5, 5.41) is 26.8. The van der Waals surface area contributed by atoms with Crippen molar-refractivity contribution >= 4 is 63.7 Å². The van der Waals surface area contributed by atoms with Gasteiger partial charge in [-0.3, -0.25) is 9.78 Å². The molecule has 196 valence electrons. The molecule has 0 aliphatic rings. The van der Waals surface area contributed by atoms with Gasteiger partial charge in [-0.05, 0) is 37.3 Å². The van der Waals surface area contributed by atoms with Crippen LogP contribution < -0.4 is 16.4 Å². The van der Waals surface area contributed by atoms with Gasteiger partial charge in [-0.25, -0.2) is 4.68 Å². The summed E-state index contributed by atoms with van der Waals surface area (Å²) >= 11 is 6.46. The average Bonchev–Trinajstić information content (AvgIpc) is 3.30. The van der Waals surface area contributed by atoms with Gasteiger partial charge < -0.3 is 27.2 Å². The first-order chi connectivity index (χ1) is 18.4. The number of allylic oxidation sites excluding steroid dienone is 1. The van der Waals surface area contributed by atoms with Crippen LogP contribution in [0.1, 0.15) is 39.2 Å². The molecule has 10 heteroatoms. The number of nitrogens with one attached hydrogen (secondary N) is 4. The summed E-state index contributed by atoms with van der Waals surface area (Å²) in [5.41, 5.74) is 9.46. The Morgan fingerprint density at radius 3 is 2.53 bits per heavy atom. The van der Waals surface area contributed by atoms with Gasteiger partial charge >= 0.3 is 0 Å². The third-order valence-electron chi connectivity index (χ3n) is 5.65. The van der Waals surface area contributed by atoms with Crippen molar-refractivity contribution in [2.75, 3.05) is 16.4 Å². The van der Waals surface area contributed by atoms with Crippen molar-refractivity contribution in [3.63, 3.8) is 0 Å². The van der Waals surface area contributed by atoms with Crippen LogP contribution in [0.5, 0.6) is 0 Å². The smallest absolute Gasteiger partial charge is 0.256 e. The third-order valence-corrected chi connectivity index (χ3v) is 6.06. The number of nitrogens with zero attached hydrogens (tertiary/aromatic N) is 3. The van der Waals surface area contributed by atoms with Crippen LogP contribution in [0.3, 0.4) is 0 Å². The first-order valence-corrected chi connectivity index (χ1v) is 12.5. The third kappa shape index (κ3) is 6.24. The summed E-state index contributed by atoms with van der Waals surface area (Å²) in [6.45, 7) is 6.05. The molecule has 1 amide bonds. The van der Waals surface area contributed by atoms with E-state index in [4.69, 9.17) is 33.3 Å². The highest BCUT2D eigenvalue weighted by Crippen LogP contribution is 2.34. The molecule has 0 unspecified atom stereocenters. The maximum atomic E-state index is 12.3. The zero-order chi connectivity index (χ0) is 27.7. The minimum Gasteiger partial charge on any atom is -0.398 e. The van der Waals surface area contributed by atoms with E-state index in [0.29, 0.717) is 39.2 Å². The molecule has 0 radical (unpaired) electrons. The number of pyridine rings is 1. The van der Waals surface area contributed by atoms with Crippen LogP contribution in [-0.4, -0.2) is 33.1 Å². The Bertz CT molecular complexity index is 1490. The molecule has 2 heterocycles. The van der Waals surface area contributed by atoms with Gasteiger partial charge in [0, 0.05) is 29.1 Å². The lowest BCUT2D eigenvalue weighted by Crippen LogP contribution is -2.15. The fourth-order valence-electron chi connectivity index (χ4n) is 3.43. The molecule has 4 rings (SSSR count). The lowest BCUT2D eigenvalue weighted by molar-refractivity contribution is -0.112. The number of nitrogens with two attached hydrogens (primary N) is 1. The number of hydrogen-bond donors (Lipinski definition) is 5. The number of amides is 1. The van der Waals surface area contributed by atoms with Gasteiger partial charge in [-0.15, -0.1) is 5.10 Å². The number of nitrogen functional groups attached to an aromatic ring is 1. The number of carbonyl (C=O) groups is 1. The standard InChI is InChI=1S/C24H21ClN8O.C4H10/c1-2-14(10-26)24(34)30-15-9-16(13-29-12-15)33-21-6-4-3-5-17(21)23(32-33)31-20-8-7-19(28)18(11-27)22(20)25;1-3-4-2/h2-13,26-27H,28H2,1H3,(H,30,34)(H,31,32);3-4H2,1-2H3/b14-2+,26-10?,27-11?;. The van der Waals surface area contributed by atoms with E-state index in [0.717, 1.165) is 23.3 Å². The molecule has 9 nitrogen and oxygen atoms in total. The summed E-state index contributed by atoms with van der Waals surface area (Å²) in [6, 6.07) is 12.8. The highest BCUT2D eigenvalue weighted by Gasteiger charge is 2.16. The van der Waals surface area contributed by atoms with Crippen LogP contribution in [0.25, 0.3) is 16.6 Å². The molecule has 4 aromatic rings. The lowest BCUT2D eigenvalue weighted by atomic mass is 10.1. The topological polar surface area (TPSA) is 146 Å². The van der Waals surface area contributed by atoms with Gasteiger partial charge in [0.2, 0.25) is 0 Å². The monoisotopic (exact) mass is 530 g/mol. The number of halogens is 1. The van der Waals surface area contributed by atoms with Crippen molar-refractivity contribution in [3.05, 3.63) is 77.1 Å². The quantitative estimate of drug-likeness (QED) is 0.0972. The Labute approximate surface area is 226 Å². The summed E-state index contributed by atoms with van der Waals surface area (Å²) in [7, 11) is 0. The normalized spacial score (nSPS) is 10.9. The van der Waals surface area contributed by atoms with Crippen LogP contribution in [0, 0.1) is 10.8 Å². The van der Waals surface area contributed by atoms with Crippen LogP contribution in [0.15, 0.2) is 66.5 Å². The lowest BCUT2D eigenvalue weighted by Gasteiger charge is -2.10. The van der Waals surface area contributed by atoms with Crippen LogP contribution in [0.4, 0.5) is 22.9 Å². The predicted molar refractivity (Wildman–Crippen MR) is 158 cm³/mol. The van der Waals surface area contributed by atoms with E-state index in [1.165, 1.54) is 19.0 Å². The molecule has 38 heavy (non-hydrogen) atoms. The van der Waals surface area contributed by atoms with Crippen molar-refractivity contribution < 1.29 is 4.79 Å². The highest BCUT2D eigenvalue weighted by molar-refractivity contribution is 6.36. The first kappa shape index (κ1) is 28.1. The molecule has 0 saturated carbocycles. The van der Waals surface area contributed by atoms with E-state index in [1.807, 2.05) is 24.3 Å². The number of rotatable bonds is 8. The molecular formula is C28H31ClN8O. The fraction of sp³-hybridized carbons (Fsp3) is 0.179. The number of benzene rings is 2. The number of hydrogen-bond acceptors (Lipinski definition) is 7. The molecule has 0 aliphatic heterocycles.